The maximum Gasteiger partial charge on any atom is 0.317 e. The third-order valence-corrected chi connectivity index (χ3v) is 4.88. The number of benzene rings is 2. The Hall–Kier alpha value is -3.10. The Balaban J connectivity index is 2.13. The Kier molecular flexibility index (Phi) is 8.20. The molecule has 0 unspecified atom stereocenters. The summed E-state index contributed by atoms with van der Waals surface area (Å²) in [5, 5.41) is 39.0. The number of phenols is 2. The van der Waals surface area contributed by atoms with E-state index in [2.05, 4.69) is 0 Å². The summed E-state index contributed by atoms with van der Waals surface area (Å²) in [6.07, 6.45) is 0. The average molecular weight is 416 g/mol. The highest BCUT2D eigenvalue weighted by atomic mass is 16.4. The van der Waals surface area contributed by atoms with Crippen molar-refractivity contribution in [1.29, 1.82) is 0 Å². The molecule has 8 nitrogen and oxygen atoms in total. The molecule has 162 valence electrons. The fourth-order valence-electron chi connectivity index (χ4n) is 3.27. The molecule has 0 radical (unpaired) electrons. The van der Waals surface area contributed by atoms with E-state index >= 15 is 0 Å². The molecule has 0 aliphatic heterocycles. The first-order chi connectivity index (χ1) is 14.2. The van der Waals surface area contributed by atoms with E-state index in [1.165, 1.54) is 0 Å². The molecule has 0 amide bonds. The quantitative estimate of drug-likeness (QED) is 0.440. The van der Waals surface area contributed by atoms with E-state index in [0.29, 0.717) is 22.3 Å². The molecule has 2 aromatic carbocycles. The Bertz CT molecular complexity index is 826. The van der Waals surface area contributed by atoms with Crippen LogP contribution in [-0.4, -0.2) is 68.3 Å². The molecule has 0 aromatic heterocycles. The minimum Gasteiger partial charge on any atom is -0.507 e. The summed E-state index contributed by atoms with van der Waals surface area (Å²) in [5.41, 5.74) is 2.62. The predicted octanol–water partition coefficient (Wildman–Crippen LogP) is 2.19. The zero-order valence-electron chi connectivity index (χ0n) is 17.2. The van der Waals surface area contributed by atoms with E-state index < -0.39 is 11.9 Å². The van der Waals surface area contributed by atoms with Crippen LogP contribution in [-0.2, 0) is 22.7 Å². The fraction of sp³-hybridized carbons (Fsp3) is 0.364. The number of para-hydroxylation sites is 2. The van der Waals surface area contributed by atoms with Crippen LogP contribution in [0.2, 0.25) is 0 Å². The molecular formula is C22H28N2O6. The lowest BCUT2D eigenvalue weighted by molar-refractivity contribution is -0.140. The van der Waals surface area contributed by atoms with Gasteiger partial charge in [-0.2, -0.15) is 0 Å². The number of phenolic OH excluding ortho intramolecular Hbond substituents is 2. The Morgan fingerprint density at radius 1 is 0.733 bits per heavy atom. The molecule has 0 spiro atoms. The Morgan fingerprint density at radius 3 is 1.43 bits per heavy atom. The number of carboxylic acids is 2. The van der Waals surface area contributed by atoms with Gasteiger partial charge in [0.1, 0.15) is 11.5 Å². The zero-order chi connectivity index (χ0) is 22.3. The summed E-state index contributed by atoms with van der Waals surface area (Å²) in [7, 11) is 0. The largest absolute Gasteiger partial charge is 0.507 e. The van der Waals surface area contributed by atoms with Gasteiger partial charge in [0.15, 0.2) is 0 Å². The minimum atomic E-state index is -1.01. The van der Waals surface area contributed by atoms with E-state index in [1.807, 2.05) is 0 Å². The number of nitrogens with zero attached hydrogens (tertiary/aromatic N) is 2. The lowest BCUT2D eigenvalue weighted by Gasteiger charge is -2.26. The maximum absolute atomic E-state index is 11.3. The second kappa shape index (κ2) is 10.6. The van der Waals surface area contributed by atoms with Crippen molar-refractivity contribution in [2.75, 3.05) is 26.2 Å². The molecule has 0 aliphatic rings. The Labute approximate surface area is 175 Å². The molecule has 0 saturated carbocycles. The molecule has 30 heavy (non-hydrogen) atoms. The monoisotopic (exact) mass is 416 g/mol. The van der Waals surface area contributed by atoms with E-state index in [0.717, 1.165) is 0 Å². The van der Waals surface area contributed by atoms with Crippen molar-refractivity contribution in [2.45, 2.75) is 26.9 Å². The highest BCUT2D eigenvalue weighted by molar-refractivity contribution is 5.69. The van der Waals surface area contributed by atoms with Crippen LogP contribution < -0.4 is 0 Å². The molecule has 8 heteroatoms. The number of aromatic hydroxyl groups is 2. The van der Waals surface area contributed by atoms with Crippen LogP contribution in [0.4, 0.5) is 0 Å². The molecular weight excluding hydrogens is 388 g/mol. The summed E-state index contributed by atoms with van der Waals surface area (Å²) < 4.78 is 0. The number of rotatable bonds is 11. The van der Waals surface area contributed by atoms with Crippen LogP contribution in [0.1, 0.15) is 22.3 Å². The molecule has 0 aliphatic carbocycles. The van der Waals surface area contributed by atoms with Crippen molar-refractivity contribution in [3.63, 3.8) is 0 Å². The van der Waals surface area contributed by atoms with Crippen LogP contribution in [0.5, 0.6) is 11.5 Å². The fourth-order valence-corrected chi connectivity index (χ4v) is 3.27. The molecule has 0 fully saturated rings. The van der Waals surface area contributed by atoms with Crippen molar-refractivity contribution in [3.8, 4) is 11.5 Å². The first-order valence-electron chi connectivity index (χ1n) is 9.60. The molecule has 0 bridgehead atoms. The van der Waals surface area contributed by atoms with Crippen LogP contribution in [0.3, 0.4) is 0 Å². The third kappa shape index (κ3) is 6.75. The lowest BCUT2D eigenvalue weighted by Crippen LogP contribution is -2.39. The molecule has 0 heterocycles. The minimum absolute atomic E-state index is 0.125. The lowest BCUT2D eigenvalue weighted by atomic mass is 10.1. The van der Waals surface area contributed by atoms with Crippen molar-refractivity contribution in [1.82, 2.24) is 9.80 Å². The van der Waals surface area contributed by atoms with Gasteiger partial charge >= 0.3 is 11.9 Å². The standard InChI is InChI=1S/C22H28N2O6/c1-15-5-3-7-17(21(15)29)11-23(13-19(25)26)9-10-24(14-20(27)28)12-18-8-4-6-16(2)22(18)30/h3-8,29-30H,9-14H2,1-2H3,(H,25,26)(H,27,28). The molecule has 4 N–H and O–H groups in total. The topological polar surface area (TPSA) is 122 Å². The first kappa shape index (κ1) is 23.2. The van der Waals surface area contributed by atoms with Gasteiger partial charge in [0.05, 0.1) is 13.1 Å². The smallest absolute Gasteiger partial charge is 0.317 e. The van der Waals surface area contributed by atoms with Gasteiger partial charge in [-0.1, -0.05) is 36.4 Å². The molecule has 0 atom stereocenters. The predicted molar refractivity (Wildman–Crippen MR) is 112 cm³/mol. The van der Waals surface area contributed by atoms with Crippen LogP contribution in [0, 0.1) is 13.8 Å². The number of carboxylic acid groups (broad SMARTS) is 2. The second-order valence-corrected chi connectivity index (χ2v) is 7.37. The highest BCUT2D eigenvalue weighted by Gasteiger charge is 2.18. The van der Waals surface area contributed by atoms with Crippen LogP contribution >= 0.6 is 0 Å². The van der Waals surface area contributed by atoms with Gasteiger partial charge < -0.3 is 20.4 Å². The van der Waals surface area contributed by atoms with Crippen LogP contribution in [0.25, 0.3) is 0 Å². The Morgan fingerprint density at radius 2 is 1.10 bits per heavy atom. The van der Waals surface area contributed by atoms with Gasteiger partial charge in [0.2, 0.25) is 0 Å². The maximum atomic E-state index is 11.3. The van der Waals surface area contributed by atoms with Crippen molar-refractivity contribution in [2.24, 2.45) is 0 Å². The van der Waals surface area contributed by atoms with Gasteiger partial charge in [0.25, 0.3) is 0 Å². The van der Waals surface area contributed by atoms with Crippen LogP contribution in [0.15, 0.2) is 36.4 Å². The molecule has 2 rings (SSSR count). The number of aryl methyl sites for hydroxylation is 2. The number of hydrogen-bond donors (Lipinski definition) is 4. The van der Waals surface area contributed by atoms with E-state index in [-0.39, 0.29) is 50.8 Å². The van der Waals surface area contributed by atoms with E-state index in [9.17, 15) is 30.0 Å². The van der Waals surface area contributed by atoms with Crippen molar-refractivity contribution in [3.05, 3.63) is 58.7 Å². The molecule has 0 saturated heterocycles. The SMILES string of the molecule is Cc1cccc(CN(CCN(CC(=O)O)Cc2cccc(C)c2O)CC(=O)O)c1O. The summed E-state index contributed by atoms with van der Waals surface area (Å²) in [6, 6.07) is 10.6. The summed E-state index contributed by atoms with van der Waals surface area (Å²) in [5.74, 6) is -1.77. The summed E-state index contributed by atoms with van der Waals surface area (Å²) in [4.78, 5) is 25.9. The van der Waals surface area contributed by atoms with Gasteiger partial charge in [-0.3, -0.25) is 19.4 Å². The summed E-state index contributed by atoms with van der Waals surface area (Å²) >= 11 is 0. The number of carbonyl (C=O) groups is 2. The van der Waals surface area contributed by atoms with Crippen molar-refractivity contribution >= 4 is 11.9 Å². The second-order valence-electron chi connectivity index (χ2n) is 7.37. The average Bonchev–Trinajstić information content (AvgIpc) is 2.66. The number of aliphatic carboxylic acids is 2. The number of hydrogen-bond acceptors (Lipinski definition) is 6. The van der Waals surface area contributed by atoms with Gasteiger partial charge in [0, 0.05) is 37.3 Å². The van der Waals surface area contributed by atoms with E-state index in [4.69, 9.17) is 0 Å². The molecule has 2 aromatic rings. The van der Waals surface area contributed by atoms with Gasteiger partial charge in [-0.15, -0.1) is 0 Å². The van der Waals surface area contributed by atoms with Crippen molar-refractivity contribution < 1.29 is 30.0 Å². The van der Waals surface area contributed by atoms with Gasteiger partial charge in [-0.25, -0.2) is 0 Å². The summed E-state index contributed by atoms with van der Waals surface area (Å²) in [6.45, 7) is 4.03. The van der Waals surface area contributed by atoms with Gasteiger partial charge in [-0.05, 0) is 25.0 Å². The zero-order valence-corrected chi connectivity index (χ0v) is 17.2. The van der Waals surface area contributed by atoms with E-state index in [1.54, 1.807) is 60.0 Å². The highest BCUT2D eigenvalue weighted by Crippen LogP contribution is 2.24. The first-order valence-corrected chi connectivity index (χ1v) is 9.60. The normalized spacial score (nSPS) is 11.2. The third-order valence-electron chi connectivity index (χ3n) is 4.88.